The van der Waals surface area contributed by atoms with Crippen LogP contribution in [0.2, 0.25) is 0 Å². The number of amides is 1. The van der Waals surface area contributed by atoms with E-state index in [0.717, 1.165) is 11.3 Å². The summed E-state index contributed by atoms with van der Waals surface area (Å²) in [7, 11) is -3.78. The molecular weight excluding hydrogens is 394 g/mol. The molecule has 1 aliphatic heterocycles. The minimum Gasteiger partial charge on any atom is -0.321 e. The first kappa shape index (κ1) is 20.2. The van der Waals surface area contributed by atoms with E-state index >= 15 is 0 Å². The summed E-state index contributed by atoms with van der Waals surface area (Å²) in [5.74, 6) is 1.10. The largest absolute Gasteiger partial charge is 0.321 e. The van der Waals surface area contributed by atoms with Crippen LogP contribution in [-0.2, 0) is 10.0 Å². The number of thioether (sulfide) groups is 1. The van der Waals surface area contributed by atoms with Gasteiger partial charge in [0.1, 0.15) is 6.04 Å². The van der Waals surface area contributed by atoms with Gasteiger partial charge in [-0.2, -0.15) is 17.0 Å². The van der Waals surface area contributed by atoms with Crippen molar-refractivity contribution in [2.45, 2.75) is 24.8 Å². The Labute approximate surface area is 169 Å². The van der Waals surface area contributed by atoms with Gasteiger partial charge in [0, 0.05) is 29.3 Å². The fraction of sp³-hybridized carbons (Fsp3) is 0.300. The molecule has 1 atom stereocenters. The quantitative estimate of drug-likeness (QED) is 0.828. The Bertz CT molecular complexity index is 1040. The fourth-order valence-corrected chi connectivity index (χ4v) is 5.39. The Morgan fingerprint density at radius 2 is 2.04 bits per heavy atom. The maximum atomic E-state index is 12.8. The van der Waals surface area contributed by atoms with Crippen molar-refractivity contribution in [3.63, 3.8) is 0 Å². The number of nitrogens with zero attached hydrogens (tertiary/aromatic N) is 2. The number of nitriles is 1. The van der Waals surface area contributed by atoms with Crippen LogP contribution in [0, 0.1) is 25.2 Å². The first-order valence-electron chi connectivity index (χ1n) is 8.80. The molecule has 0 radical (unpaired) electrons. The standard InChI is InChI=1S/C20H21N3O3S2/c1-14-6-7-15(2)19(10-14)28(25,26)22-17-5-3-4-16(11-17)20(24)23-8-9-27-13-18(23)12-21/h3-7,10-11,18,22H,8-9,13H2,1-2H3/t18-/m1/s1. The predicted molar refractivity (Wildman–Crippen MR) is 111 cm³/mol. The molecule has 2 aromatic carbocycles. The first-order valence-corrected chi connectivity index (χ1v) is 11.4. The molecule has 0 bridgehead atoms. The number of hydrogen-bond donors (Lipinski definition) is 1. The van der Waals surface area contributed by atoms with Gasteiger partial charge in [-0.1, -0.05) is 18.2 Å². The molecule has 0 saturated carbocycles. The molecule has 2 aromatic rings. The van der Waals surface area contributed by atoms with Crippen molar-refractivity contribution in [1.29, 1.82) is 5.26 Å². The SMILES string of the molecule is Cc1ccc(C)c(S(=O)(=O)Nc2cccc(C(=O)N3CCSC[C@H]3C#N)c2)c1. The van der Waals surface area contributed by atoms with Crippen LogP contribution in [0.15, 0.2) is 47.4 Å². The van der Waals surface area contributed by atoms with E-state index in [9.17, 15) is 18.5 Å². The lowest BCUT2D eigenvalue weighted by Gasteiger charge is -2.31. The molecule has 6 nitrogen and oxygen atoms in total. The molecule has 0 aliphatic carbocycles. The van der Waals surface area contributed by atoms with Crippen LogP contribution in [0.3, 0.4) is 0 Å². The number of carbonyl (C=O) groups excluding carboxylic acids is 1. The maximum absolute atomic E-state index is 12.8. The lowest BCUT2D eigenvalue weighted by atomic mass is 10.1. The highest BCUT2D eigenvalue weighted by Gasteiger charge is 2.28. The zero-order valence-electron chi connectivity index (χ0n) is 15.7. The van der Waals surface area contributed by atoms with Gasteiger partial charge in [0.2, 0.25) is 0 Å². The van der Waals surface area contributed by atoms with E-state index in [-0.39, 0.29) is 10.8 Å². The highest BCUT2D eigenvalue weighted by Crippen LogP contribution is 2.23. The molecule has 1 saturated heterocycles. The number of nitrogens with one attached hydrogen (secondary N) is 1. The van der Waals surface area contributed by atoms with E-state index in [4.69, 9.17) is 0 Å². The summed E-state index contributed by atoms with van der Waals surface area (Å²) in [5, 5.41) is 9.29. The monoisotopic (exact) mass is 415 g/mol. The molecule has 0 aromatic heterocycles. The third-order valence-electron chi connectivity index (χ3n) is 4.53. The van der Waals surface area contributed by atoms with Crippen LogP contribution in [0.1, 0.15) is 21.5 Å². The van der Waals surface area contributed by atoms with E-state index in [1.807, 2.05) is 13.0 Å². The molecule has 1 fully saturated rings. The molecule has 8 heteroatoms. The molecular formula is C20H21N3O3S2. The lowest BCUT2D eigenvalue weighted by Crippen LogP contribution is -2.45. The molecule has 28 heavy (non-hydrogen) atoms. The molecule has 1 aliphatic rings. The summed E-state index contributed by atoms with van der Waals surface area (Å²) in [6, 6.07) is 13.3. The number of sulfonamides is 1. The smallest absolute Gasteiger partial charge is 0.262 e. The van der Waals surface area contributed by atoms with Crippen molar-refractivity contribution in [1.82, 2.24) is 4.90 Å². The second-order valence-electron chi connectivity index (χ2n) is 6.67. The summed E-state index contributed by atoms with van der Waals surface area (Å²) < 4.78 is 28.2. The van der Waals surface area contributed by atoms with Crippen LogP contribution < -0.4 is 4.72 Å². The Kier molecular flexibility index (Phi) is 5.96. The van der Waals surface area contributed by atoms with Crippen molar-refractivity contribution >= 4 is 33.4 Å². The molecule has 1 amide bonds. The lowest BCUT2D eigenvalue weighted by molar-refractivity contribution is 0.0737. The second-order valence-corrected chi connectivity index (χ2v) is 9.47. The van der Waals surface area contributed by atoms with Gasteiger partial charge in [0.05, 0.1) is 11.0 Å². The summed E-state index contributed by atoms with van der Waals surface area (Å²) in [4.78, 5) is 14.6. The predicted octanol–water partition coefficient (Wildman–Crippen LogP) is 3.19. The van der Waals surface area contributed by atoms with E-state index < -0.39 is 16.1 Å². The fourth-order valence-electron chi connectivity index (χ4n) is 3.04. The molecule has 1 heterocycles. The van der Waals surface area contributed by atoms with E-state index in [1.54, 1.807) is 53.9 Å². The Morgan fingerprint density at radius 1 is 1.25 bits per heavy atom. The Morgan fingerprint density at radius 3 is 2.79 bits per heavy atom. The number of anilines is 1. The summed E-state index contributed by atoms with van der Waals surface area (Å²) in [6.45, 7) is 4.07. The zero-order valence-corrected chi connectivity index (χ0v) is 17.3. The van der Waals surface area contributed by atoms with Gasteiger partial charge < -0.3 is 4.90 Å². The second kappa shape index (κ2) is 8.25. The zero-order chi connectivity index (χ0) is 20.3. The molecule has 1 N–H and O–H groups in total. The van der Waals surface area contributed by atoms with Gasteiger partial charge in [0.15, 0.2) is 0 Å². The highest BCUT2D eigenvalue weighted by atomic mass is 32.2. The highest BCUT2D eigenvalue weighted by molar-refractivity contribution is 7.99. The summed E-state index contributed by atoms with van der Waals surface area (Å²) in [5.41, 5.74) is 2.16. The number of benzene rings is 2. The Hall–Kier alpha value is -2.50. The van der Waals surface area contributed by atoms with Crippen molar-refractivity contribution in [3.8, 4) is 6.07 Å². The van der Waals surface area contributed by atoms with Gasteiger partial charge in [-0.3, -0.25) is 9.52 Å². The third-order valence-corrected chi connectivity index (χ3v) is 7.08. The van der Waals surface area contributed by atoms with Gasteiger partial charge in [-0.05, 0) is 49.2 Å². The van der Waals surface area contributed by atoms with Crippen LogP contribution in [0.5, 0.6) is 0 Å². The number of carbonyl (C=O) groups is 1. The van der Waals surface area contributed by atoms with Crippen molar-refractivity contribution < 1.29 is 13.2 Å². The average Bonchev–Trinajstić information content (AvgIpc) is 2.69. The van der Waals surface area contributed by atoms with E-state index in [2.05, 4.69) is 10.8 Å². The topological polar surface area (TPSA) is 90.3 Å². The van der Waals surface area contributed by atoms with Crippen LogP contribution in [0.4, 0.5) is 5.69 Å². The normalized spacial score (nSPS) is 17.0. The van der Waals surface area contributed by atoms with Crippen LogP contribution in [0.25, 0.3) is 0 Å². The maximum Gasteiger partial charge on any atom is 0.262 e. The van der Waals surface area contributed by atoms with Crippen LogP contribution in [-0.4, -0.2) is 43.3 Å². The molecule has 146 valence electrons. The first-order chi connectivity index (χ1) is 13.3. The van der Waals surface area contributed by atoms with E-state index in [1.165, 1.54) is 6.07 Å². The third kappa shape index (κ3) is 4.32. The van der Waals surface area contributed by atoms with Crippen LogP contribution >= 0.6 is 11.8 Å². The summed E-state index contributed by atoms with van der Waals surface area (Å²) in [6.07, 6.45) is 0. The van der Waals surface area contributed by atoms with Gasteiger partial charge in [-0.15, -0.1) is 0 Å². The number of hydrogen-bond acceptors (Lipinski definition) is 5. The number of rotatable bonds is 4. The van der Waals surface area contributed by atoms with Crippen molar-refractivity contribution in [3.05, 3.63) is 59.2 Å². The minimum absolute atomic E-state index is 0.210. The van der Waals surface area contributed by atoms with Crippen molar-refractivity contribution in [2.24, 2.45) is 0 Å². The van der Waals surface area contributed by atoms with Gasteiger partial charge in [-0.25, -0.2) is 8.42 Å². The van der Waals surface area contributed by atoms with E-state index in [0.29, 0.717) is 29.1 Å². The number of aryl methyl sites for hydroxylation is 2. The van der Waals surface area contributed by atoms with Crippen molar-refractivity contribution in [2.75, 3.05) is 22.8 Å². The van der Waals surface area contributed by atoms with Gasteiger partial charge in [0.25, 0.3) is 15.9 Å². The Balaban J connectivity index is 1.86. The molecule has 3 rings (SSSR count). The average molecular weight is 416 g/mol. The van der Waals surface area contributed by atoms with Gasteiger partial charge >= 0.3 is 0 Å². The molecule has 0 unspecified atom stereocenters. The summed E-state index contributed by atoms with van der Waals surface area (Å²) >= 11 is 1.65. The molecule has 0 spiro atoms. The minimum atomic E-state index is -3.78.